The average Bonchev–Trinajstić information content (AvgIpc) is 2.84. The number of rotatable bonds is 6. The molecule has 6 heteroatoms. The van der Waals surface area contributed by atoms with Gasteiger partial charge in [-0.3, -0.25) is 0 Å². The molecule has 2 atom stereocenters. The Morgan fingerprint density at radius 3 is 1.62 bits per heavy atom. The van der Waals surface area contributed by atoms with E-state index in [4.69, 9.17) is 18.9 Å². The summed E-state index contributed by atoms with van der Waals surface area (Å²) in [6, 6.07) is 10.9. The molecule has 0 unspecified atom stereocenters. The maximum Gasteiger partial charge on any atom is 0.162 e. The van der Waals surface area contributed by atoms with E-state index in [2.05, 4.69) is 0 Å². The Morgan fingerprint density at radius 2 is 1.24 bits per heavy atom. The molecule has 6 nitrogen and oxygen atoms in total. The van der Waals surface area contributed by atoms with Crippen molar-refractivity contribution in [3.63, 3.8) is 0 Å². The molecule has 0 spiro atoms. The highest BCUT2D eigenvalue weighted by atomic mass is 16.7. The zero-order chi connectivity index (χ0) is 21.0. The molecule has 1 saturated heterocycles. The fourth-order valence-corrected chi connectivity index (χ4v) is 3.68. The molecule has 0 saturated carbocycles. The highest BCUT2D eigenvalue weighted by Crippen LogP contribution is 2.34. The van der Waals surface area contributed by atoms with E-state index >= 15 is 0 Å². The van der Waals surface area contributed by atoms with Gasteiger partial charge in [0.1, 0.15) is 0 Å². The molecule has 1 aliphatic rings. The van der Waals surface area contributed by atoms with Gasteiger partial charge in [0.2, 0.25) is 0 Å². The van der Waals surface area contributed by atoms with E-state index in [1.54, 1.807) is 26.4 Å². The minimum absolute atomic E-state index is 0.130. The normalized spacial score (nSPS) is 21.4. The Hall–Kier alpha value is -2.44. The van der Waals surface area contributed by atoms with Gasteiger partial charge < -0.3 is 29.2 Å². The van der Waals surface area contributed by atoms with Crippen molar-refractivity contribution in [1.29, 1.82) is 0 Å². The number of benzene rings is 2. The predicted octanol–water partition coefficient (Wildman–Crippen LogP) is 3.92. The first-order valence-corrected chi connectivity index (χ1v) is 9.81. The molecule has 0 aliphatic carbocycles. The van der Waals surface area contributed by atoms with Gasteiger partial charge in [-0.1, -0.05) is 12.1 Å². The number of hydrogen-bond acceptors (Lipinski definition) is 6. The van der Waals surface area contributed by atoms with Gasteiger partial charge >= 0.3 is 0 Å². The first-order valence-electron chi connectivity index (χ1n) is 9.81. The van der Waals surface area contributed by atoms with Gasteiger partial charge in [0.15, 0.2) is 28.8 Å². The lowest BCUT2D eigenvalue weighted by molar-refractivity contribution is -0.202. The number of phenolic OH excluding ortho intramolecular Hbond substituents is 2. The standard InChI is InChI=1S/C23H30O6/c1-23(2)28-13-17(9-15-5-7-19(24)21(11-15)26-3)18(14-29-23)10-16-6-8-20(25)22(12-16)27-4/h5-8,11-12,17-18,24-25H,9-10,13-14H2,1-4H3/t17-,18-/m0/s1. The van der Waals surface area contributed by atoms with Crippen molar-refractivity contribution >= 4 is 0 Å². The van der Waals surface area contributed by atoms with E-state index in [1.165, 1.54) is 0 Å². The fraction of sp³-hybridized carbons (Fsp3) is 0.478. The molecule has 2 aromatic carbocycles. The summed E-state index contributed by atoms with van der Waals surface area (Å²) in [4.78, 5) is 0. The van der Waals surface area contributed by atoms with E-state index in [0.717, 1.165) is 24.0 Å². The van der Waals surface area contributed by atoms with Crippen LogP contribution in [-0.4, -0.2) is 43.4 Å². The Labute approximate surface area is 172 Å². The summed E-state index contributed by atoms with van der Waals surface area (Å²) in [7, 11) is 3.09. The summed E-state index contributed by atoms with van der Waals surface area (Å²) in [5.41, 5.74) is 2.14. The zero-order valence-electron chi connectivity index (χ0n) is 17.5. The number of hydrogen-bond donors (Lipinski definition) is 2. The van der Waals surface area contributed by atoms with Crippen LogP contribution in [-0.2, 0) is 22.3 Å². The van der Waals surface area contributed by atoms with Crippen molar-refractivity contribution in [3.05, 3.63) is 47.5 Å². The van der Waals surface area contributed by atoms with E-state index in [1.807, 2.05) is 38.1 Å². The number of ether oxygens (including phenoxy) is 4. The second-order valence-corrected chi connectivity index (χ2v) is 7.96. The SMILES string of the molecule is COc1cc(C[C@H]2COC(C)(C)OC[C@@H]2Cc2ccc(O)c(OC)c2)ccc1O. The van der Waals surface area contributed by atoms with Crippen LogP contribution in [0.4, 0.5) is 0 Å². The molecule has 0 amide bonds. The third kappa shape index (κ3) is 5.34. The Kier molecular flexibility index (Phi) is 6.55. The van der Waals surface area contributed by atoms with Gasteiger partial charge in [-0.2, -0.15) is 0 Å². The monoisotopic (exact) mass is 402 g/mol. The van der Waals surface area contributed by atoms with Gasteiger partial charge in [-0.15, -0.1) is 0 Å². The first kappa shape index (κ1) is 21.3. The van der Waals surface area contributed by atoms with Crippen LogP contribution in [0.2, 0.25) is 0 Å². The van der Waals surface area contributed by atoms with Crippen LogP contribution in [0.3, 0.4) is 0 Å². The van der Waals surface area contributed by atoms with Crippen molar-refractivity contribution in [2.24, 2.45) is 11.8 Å². The van der Waals surface area contributed by atoms with Crippen LogP contribution in [0, 0.1) is 11.8 Å². The Balaban J connectivity index is 1.83. The molecule has 3 rings (SSSR count). The number of methoxy groups -OCH3 is 2. The predicted molar refractivity (Wildman–Crippen MR) is 110 cm³/mol. The molecule has 2 aromatic rings. The summed E-state index contributed by atoms with van der Waals surface area (Å²) < 4.78 is 22.5. The molecule has 0 radical (unpaired) electrons. The van der Waals surface area contributed by atoms with Crippen LogP contribution in [0.5, 0.6) is 23.0 Å². The summed E-state index contributed by atoms with van der Waals surface area (Å²) in [5.74, 6) is 0.987. The maximum atomic E-state index is 9.87. The summed E-state index contributed by atoms with van der Waals surface area (Å²) in [6.45, 7) is 4.99. The minimum atomic E-state index is -0.633. The summed E-state index contributed by atoms with van der Waals surface area (Å²) >= 11 is 0. The average molecular weight is 402 g/mol. The molecule has 29 heavy (non-hydrogen) atoms. The van der Waals surface area contributed by atoms with E-state index in [0.29, 0.717) is 24.7 Å². The highest BCUT2D eigenvalue weighted by molar-refractivity contribution is 5.43. The lowest BCUT2D eigenvalue weighted by Crippen LogP contribution is -2.27. The third-order valence-electron chi connectivity index (χ3n) is 5.44. The lowest BCUT2D eigenvalue weighted by atomic mass is 9.83. The van der Waals surface area contributed by atoms with E-state index in [-0.39, 0.29) is 23.3 Å². The second kappa shape index (κ2) is 8.93. The minimum Gasteiger partial charge on any atom is -0.504 e. The van der Waals surface area contributed by atoms with Gasteiger partial charge in [0, 0.05) is 0 Å². The van der Waals surface area contributed by atoms with Crippen LogP contribution in [0.25, 0.3) is 0 Å². The van der Waals surface area contributed by atoms with E-state index < -0.39 is 5.79 Å². The maximum absolute atomic E-state index is 9.87. The van der Waals surface area contributed by atoms with Crippen molar-refractivity contribution in [3.8, 4) is 23.0 Å². The first-order chi connectivity index (χ1) is 13.8. The summed E-state index contributed by atoms with van der Waals surface area (Å²) in [6.07, 6.45) is 1.55. The molecular formula is C23H30O6. The topological polar surface area (TPSA) is 77.4 Å². The molecule has 2 N–H and O–H groups in total. The molecule has 1 heterocycles. The smallest absolute Gasteiger partial charge is 0.162 e. The quantitative estimate of drug-likeness (QED) is 0.763. The van der Waals surface area contributed by atoms with Gasteiger partial charge in [-0.25, -0.2) is 0 Å². The molecule has 1 aliphatic heterocycles. The molecule has 1 fully saturated rings. The molecule has 158 valence electrons. The lowest BCUT2D eigenvalue weighted by Gasteiger charge is -2.24. The van der Waals surface area contributed by atoms with Gasteiger partial charge in [0.05, 0.1) is 27.4 Å². The van der Waals surface area contributed by atoms with Crippen molar-refractivity contribution in [2.45, 2.75) is 32.5 Å². The van der Waals surface area contributed by atoms with Crippen molar-refractivity contribution < 1.29 is 29.2 Å². The number of phenols is 2. The molecule has 0 bridgehead atoms. The second-order valence-electron chi connectivity index (χ2n) is 7.96. The summed E-state index contributed by atoms with van der Waals surface area (Å²) in [5, 5.41) is 19.7. The highest BCUT2D eigenvalue weighted by Gasteiger charge is 2.32. The fourth-order valence-electron chi connectivity index (χ4n) is 3.68. The van der Waals surface area contributed by atoms with Crippen LogP contribution >= 0.6 is 0 Å². The third-order valence-corrected chi connectivity index (χ3v) is 5.44. The van der Waals surface area contributed by atoms with Crippen LogP contribution in [0.15, 0.2) is 36.4 Å². The molecular weight excluding hydrogens is 372 g/mol. The van der Waals surface area contributed by atoms with Crippen LogP contribution < -0.4 is 9.47 Å². The Bertz CT molecular complexity index is 765. The van der Waals surface area contributed by atoms with E-state index in [9.17, 15) is 10.2 Å². The van der Waals surface area contributed by atoms with Crippen LogP contribution in [0.1, 0.15) is 25.0 Å². The molecule has 0 aromatic heterocycles. The largest absolute Gasteiger partial charge is 0.504 e. The Morgan fingerprint density at radius 1 is 0.828 bits per heavy atom. The van der Waals surface area contributed by atoms with Crippen molar-refractivity contribution in [2.75, 3.05) is 27.4 Å². The van der Waals surface area contributed by atoms with Crippen molar-refractivity contribution in [1.82, 2.24) is 0 Å². The zero-order valence-corrected chi connectivity index (χ0v) is 17.5. The van der Waals surface area contributed by atoms with Gasteiger partial charge in [0.25, 0.3) is 0 Å². The van der Waals surface area contributed by atoms with Gasteiger partial charge in [-0.05, 0) is 73.9 Å². The number of aromatic hydroxyl groups is 2.